The molecule has 1 rings (SSSR count). The van der Waals surface area contributed by atoms with Crippen molar-refractivity contribution in [2.45, 2.75) is 32.4 Å². The maximum Gasteiger partial charge on any atom is 0.315 e. The van der Waals surface area contributed by atoms with Gasteiger partial charge >= 0.3 is 6.03 Å². The number of hydrogen-bond donors (Lipinski definition) is 3. The Labute approximate surface area is 125 Å². The second kappa shape index (κ2) is 8.79. The Morgan fingerprint density at radius 2 is 1.95 bits per heavy atom. The minimum Gasteiger partial charge on any atom is -0.355 e. The third-order valence-electron chi connectivity index (χ3n) is 3.18. The number of benzene rings is 1. The van der Waals surface area contributed by atoms with Crippen LogP contribution in [0.2, 0.25) is 0 Å². The van der Waals surface area contributed by atoms with Gasteiger partial charge in [-0.1, -0.05) is 25.1 Å². The van der Waals surface area contributed by atoms with Crippen molar-refractivity contribution < 1.29 is 9.59 Å². The summed E-state index contributed by atoms with van der Waals surface area (Å²) < 4.78 is 0. The van der Waals surface area contributed by atoms with Gasteiger partial charge < -0.3 is 16.0 Å². The predicted molar refractivity (Wildman–Crippen MR) is 84.1 cm³/mol. The van der Waals surface area contributed by atoms with E-state index in [1.807, 2.05) is 19.1 Å². The molecule has 0 aliphatic rings. The first-order chi connectivity index (χ1) is 10.1. The molecule has 0 saturated carbocycles. The van der Waals surface area contributed by atoms with Gasteiger partial charge in [0.15, 0.2) is 0 Å². The van der Waals surface area contributed by atoms with E-state index in [1.54, 1.807) is 25.3 Å². The Bertz CT molecular complexity index is 483. The van der Waals surface area contributed by atoms with Crippen LogP contribution in [-0.4, -0.2) is 25.0 Å². The zero-order valence-electron chi connectivity index (χ0n) is 12.6. The van der Waals surface area contributed by atoms with E-state index in [-0.39, 0.29) is 18.0 Å². The van der Waals surface area contributed by atoms with Gasteiger partial charge in [0, 0.05) is 25.2 Å². The normalized spacial score (nSPS) is 11.3. The van der Waals surface area contributed by atoms with E-state index in [0.29, 0.717) is 12.1 Å². The summed E-state index contributed by atoms with van der Waals surface area (Å²) in [5, 5.41) is 8.26. The van der Waals surface area contributed by atoms with Gasteiger partial charge in [0.2, 0.25) is 0 Å². The molecule has 21 heavy (non-hydrogen) atoms. The molecule has 0 aliphatic carbocycles. The van der Waals surface area contributed by atoms with E-state index in [1.165, 1.54) is 0 Å². The van der Waals surface area contributed by atoms with Crippen LogP contribution in [0.5, 0.6) is 0 Å². The molecule has 1 aromatic carbocycles. The Balaban J connectivity index is 2.45. The van der Waals surface area contributed by atoms with E-state index < -0.39 is 0 Å². The lowest BCUT2D eigenvalue weighted by atomic mass is 10.1. The van der Waals surface area contributed by atoms with Crippen LogP contribution in [0.4, 0.5) is 4.79 Å². The molecule has 5 nitrogen and oxygen atoms in total. The van der Waals surface area contributed by atoms with Crippen molar-refractivity contribution in [3.63, 3.8) is 0 Å². The number of nitrogens with one attached hydrogen (secondary N) is 3. The first-order valence-electron chi connectivity index (χ1n) is 7.07. The van der Waals surface area contributed by atoms with Crippen LogP contribution in [0.3, 0.4) is 0 Å². The quantitative estimate of drug-likeness (QED) is 0.673. The number of urea groups is 1. The summed E-state index contributed by atoms with van der Waals surface area (Å²) in [6.07, 6.45) is 3.41. The zero-order chi connectivity index (χ0) is 15.7. The number of carbonyl (C=O) groups excluding carboxylic acids is 2. The molecule has 0 spiro atoms. The van der Waals surface area contributed by atoms with Gasteiger partial charge in [-0.05, 0) is 30.5 Å². The summed E-state index contributed by atoms with van der Waals surface area (Å²) in [6, 6.07) is 7.04. The van der Waals surface area contributed by atoms with Gasteiger partial charge in [0.05, 0.1) is 0 Å². The molecule has 0 saturated heterocycles. The molecule has 0 heterocycles. The van der Waals surface area contributed by atoms with Gasteiger partial charge in [-0.2, -0.15) is 0 Å². The van der Waals surface area contributed by atoms with Crippen molar-refractivity contribution in [3.8, 4) is 0 Å². The first-order valence-corrected chi connectivity index (χ1v) is 7.07. The highest BCUT2D eigenvalue weighted by Gasteiger charge is 2.08. The molecule has 0 aromatic heterocycles. The van der Waals surface area contributed by atoms with Crippen LogP contribution in [0, 0.1) is 0 Å². The number of carbonyl (C=O) groups is 2. The fourth-order valence-corrected chi connectivity index (χ4v) is 1.87. The predicted octanol–water partition coefficient (Wildman–Crippen LogP) is 2.20. The van der Waals surface area contributed by atoms with Crippen molar-refractivity contribution in [2.75, 3.05) is 7.05 Å². The molecule has 5 heteroatoms. The largest absolute Gasteiger partial charge is 0.355 e. The molecule has 0 fully saturated rings. The van der Waals surface area contributed by atoms with Crippen molar-refractivity contribution >= 4 is 11.9 Å². The summed E-state index contributed by atoms with van der Waals surface area (Å²) in [5.41, 5.74) is 1.54. The molecule has 0 bridgehead atoms. The van der Waals surface area contributed by atoms with Crippen molar-refractivity contribution in [3.05, 3.63) is 48.0 Å². The molecular formula is C16H23N3O2. The number of rotatable bonds is 7. The molecular weight excluding hydrogens is 266 g/mol. The molecule has 1 atom stereocenters. The molecule has 1 aromatic rings. The zero-order valence-corrected chi connectivity index (χ0v) is 12.6. The van der Waals surface area contributed by atoms with Crippen LogP contribution in [0.25, 0.3) is 0 Å². The van der Waals surface area contributed by atoms with Crippen molar-refractivity contribution in [2.24, 2.45) is 0 Å². The third kappa shape index (κ3) is 5.69. The lowest BCUT2D eigenvalue weighted by Crippen LogP contribution is -2.41. The maximum atomic E-state index is 11.8. The first kappa shape index (κ1) is 16.8. The fraction of sp³-hybridized carbons (Fsp3) is 0.375. The summed E-state index contributed by atoms with van der Waals surface area (Å²) in [5.74, 6) is -0.123. The highest BCUT2D eigenvalue weighted by atomic mass is 16.2. The average Bonchev–Trinajstić information content (AvgIpc) is 2.52. The number of hydrogen-bond acceptors (Lipinski definition) is 2. The third-order valence-corrected chi connectivity index (χ3v) is 3.18. The lowest BCUT2D eigenvalue weighted by molar-refractivity contribution is 0.0963. The fourth-order valence-electron chi connectivity index (χ4n) is 1.87. The molecule has 3 amide bonds. The second-order valence-corrected chi connectivity index (χ2v) is 4.73. The van der Waals surface area contributed by atoms with E-state index in [0.717, 1.165) is 18.4 Å². The molecule has 0 radical (unpaired) electrons. The minimum atomic E-state index is -0.195. The van der Waals surface area contributed by atoms with Gasteiger partial charge in [0.25, 0.3) is 5.91 Å². The molecule has 0 unspecified atom stereocenters. The van der Waals surface area contributed by atoms with E-state index >= 15 is 0 Å². The minimum absolute atomic E-state index is 0.109. The van der Waals surface area contributed by atoms with Crippen LogP contribution >= 0.6 is 0 Å². The average molecular weight is 289 g/mol. The van der Waals surface area contributed by atoms with Gasteiger partial charge in [-0.3, -0.25) is 4.79 Å². The summed E-state index contributed by atoms with van der Waals surface area (Å²) >= 11 is 0. The van der Waals surface area contributed by atoms with Crippen molar-refractivity contribution in [1.29, 1.82) is 0 Å². The van der Waals surface area contributed by atoms with Crippen LogP contribution < -0.4 is 16.0 Å². The summed E-state index contributed by atoms with van der Waals surface area (Å²) in [6.45, 7) is 6.12. The Morgan fingerprint density at radius 1 is 1.29 bits per heavy atom. The van der Waals surface area contributed by atoms with Crippen molar-refractivity contribution in [1.82, 2.24) is 16.0 Å². The maximum absolute atomic E-state index is 11.8. The molecule has 3 N–H and O–H groups in total. The smallest absolute Gasteiger partial charge is 0.315 e. The monoisotopic (exact) mass is 289 g/mol. The highest BCUT2D eigenvalue weighted by molar-refractivity contribution is 5.93. The van der Waals surface area contributed by atoms with Crippen LogP contribution in [0.15, 0.2) is 36.9 Å². The van der Waals surface area contributed by atoms with E-state index in [2.05, 4.69) is 22.5 Å². The molecule has 0 aliphatic heterocycles. The Morgan fingerprint density at radius 3 is 2.48 bits per heavy atom. The molecule has 114 valence electrons. The highest BCUT2D eigenvalue weighted by Crippen LogP contribution is 2.04. The summed E-state index contributed by atoms with van der Waals surface area (Å²) in [7, 11) is 1.59. The second-order valence-electron chi connectivity index (χ2n) is 4.73. The number of amides is 3. The van der Waals surface area contributed by atoms with E-state index in [9.17, 15) is 9.59 Å². The lowest BCUT2D eigenvalue weighted by Gasteiger charge is -2.15. The Hall–Kier alpha value is -2.30. The topological polar surface area (TPSA) is 70.2 Å². The van der Waals surface area contributed by atoms with Gasteiger partial charge in [0.1, 0.15) is 0 Å². The van der Waals surface area contributed by atoms with E-state index in [4.69, 9.17) is 0 Å². The van der Waals surface area contributed by atoms with Crippen LogP contribution in [0.1, 0.15) is 35.7 Å². The van der Waals surface area contributed by atoms with Gasteiger partial charge in [-0.25, -0.2) is 4.79 Å². The van der Waals surface area contributed by atoms with Crippen LogP contribution in [-0.2, 0) is 6.54 Å². The van der Waals surface area contributed by atoms with Gasteiger partial charge in [-0.15, -0.1) is 6.58 Å². The summed E-state index contributed by atoms with van der Waals surface area (Å²) in [4.78, 5) is 23.2. The Kier molecular flexibility index (Phi) is 7.01. The SMILES string of the molecule is C=CC[C@H](CC)NC(=O)NCc1ccc(C(=O)NC)cc1. The standard InChI is InChI=1S/C16H23N3O2/c1-4-6-14(5-2)19-16(21)18-11-12-7-9-13(10-8-12)15(20)17-3/h4,7-10,14H,1,5-6,11H2,2-3H3,(H,17,20)(H2,18,19,21)/t14-/m0/s1.